The van der Waals surface area contributed by atoms with Crippen LogP contribution >= 0.6 is 0 Å². The lowest BCUT2D eigenvalue weighted by atomic mass is 10.3. The Kier molecular flexibility index (Phi) is 5.81. The largest absolute Gasteiger partial charge is 0.356 e. The van der Waals surface area contributed by atoms with Gasteiger partial charge in [-0.15, -0.1) is 0 Å². The molecule has 1 fully saturated rings. The number of benzene rings is 1. The molecule has 3 heterocycles. The molecule has 1 aliphatic rings. The molecule has 0 spiro atoms. The Hall–Kier alpha value is -3.14. The molecule has 1 aromatic carbocycles. The minimum absolute atomic E-state index is 0.0108. The number of hydrogen-bond donors (Lipinski definition) is 2. The number of rotatable bonds is 7. The lowest BCUT2D eigenvalue weighted by Crippen LogP contribution is -2.19. The zero-order valence-corrected chi connectivity index (χ0v) is 18.8. The normalized spacial score (nSPS) is 14.1. The Morgan fingerprint density at radius 3 is 2.32 bits per heavy atom. The van der Waals surface area contributed by atoms with Gasteiger partial charge >= 0.3 is 0 Å². The summed E-state index contributed by atoms with van der Waals surface area (Å²) in [6, 6.07) is 8.96. The molecule has 0 atom stereocenters. The van der Waals surface area contributed by atoms with E-state index in [1.165, 1.54) is 12.8 Å². The Balaban J connectivity index is 1.47. The van der Waals surface area contributed by atoms with Crippen LogP contribution in [0.2, 0.25) is 0 Å². The Labute approximate surface area is 182 Å². The molecule has 10 heteroatoms. The molecule has 0 radical (unpaired) electrons. The van der Waals surface area contributed by atoms with Crippen molar-refractivity contribution >= 4 is 33.2 Å². The molecule has 1 saturated heterocycles. The van der Waals surface area contributed by atoms with E-state index < -0.39 is 10.0 Å². The van der Waals surface area contributed by atoms with Crippen molar-refractivity contribution in [1.82, 2.24) is 19.5 Å². The van der Waals surface area contributed by atoms with Gasteiger partial charge in [0.15, 0.2) is 5.03 Å². The molecule has 1 aliphatic heterocycles. The van der Waals surface area contributed by atoms with E-state index in [2.05, 4.69) is 29.9 Å². The van der Waals surface area contributed by atoms with E-state index >= 15 is 0 Å². The average molecular weight is 442 g/mol. The molecule has 0 amide bonds. The van der Waals surface area contributed by atoms with Crippen LogP contribution in [-0.2, 0) is 16.6 Å². The van der Waals surface area contributed by atoms with Gasteiger partial charge in [0.2, 0.25) is 5.95 Å². The predicted octanol–water partition coefficient (Wildman–Crippen LogP) is 3.45. The number of aromatic nitrogens is 4. The number of nitrogens with zero attached hydrogens (tertiary/aromatic N) is 5. The zero-order valence-electron chi connectivity index (χ0n) is 18.0. The van der Waals surface area contributed by atoms with Crippen molar-refractivity contribution in [2.75, 3.05) is 28.0 Å². The maximum atomic E-state index is 12.6. The molecular weight excluding hydrogens is 414 g/mol. The van der Waals surface area contributed by atoms with Crippen molar-refractivity contribution < 1.29 is 8.42 Å². The number of nitrogens with one attached hydrogen (secondary N) is 2. The molecule has 2 aromatic heterocycles. The Morgan fingerprint density at radius 2 is 1.68 bits per heavy atom. The molecule has 31 heavy (non-hydrogen) atoms. The second-order valence-corrected chi connectivity index (χ2v) is 9.23. The van der Waals surface area contributed by atoms with E-state index in [9.17, 15) is 8.42 Å². The van der Waals surface area contributed by atoms with E-state index in [0.29, 0.717) is 24.0 Å². The fourth-order valence-electron chi connectivity index (χ4n) is 3.60. The van der Waals surface area contributed by atoms with Crippen molar-refractivity contribution in [1.29, 1.82) is 0 Å². The molecule has 0 saturated carbocycles. The number of hydrogen-bond acceptors (Lipinski definition) is 7. The molecule has 2 N–H and O–H groups in total. The van der Waals surface area contributed by atoms with Crippen LogP contribution in [-0.4, -0.2) is 41.0 Å². The topological polar surface area (TPSA) is 105 Å². The summed E-state index contributed by atoms with van der Waals surface area (Å²) in [6.07, 6.45) is 3.91. The summed E-state index contributed by atoms with van der Waals surface area (Å²) in [4.78, 5) is 15.5. The molecule has 164 valence electrons. The van der Waals surface area contributed by atoms with E-state index in [-0.39, 0.29) is 5.03 Å². The van der Waals surface area contributed by atoms with Crippen LogP contribution in [0.5, 0.6) is 0 Å². The molecule has 0 aliphatic carbocycles. The maximum absolute atomic E-state index is 12.6. The minimum Gasteiger partial charge on any atom is -0.356 e. The van der Waals surface area contributed by atoms with Crippen LogP contribution in [0.25, 0.3) is 0 Å². The first kappa shape index (κ1) is 21.1. The average Bonchev–Trinajstić information content (AvgIpc) is 3.39. The highest BCUT2D eigenvalue weighted by Crippen LogP contribution is 2.23. The number of imidazole rings is 1. The summed E-state index contributed by atoms with van der Waals surface area (Å²) in [5, 5.41) is 3.22. The van der Waals surface area contributed by atoms with Gasteiger partial charge < -0.3 is 14.8 Å². The molecule has 0 bridgehead atoms. The quantitative estimate of drug-likeness (QED) is 0.578. The zero-order chi connectivity index (χ0) is 22.0. The van der Waals surface area contributed by atoms with Crippen LogP contribution in [0.3, 0.4) is 0 Å². The maximum Gasteiger partial charge on any atom is 0.280 e. The fourth-order valence-corrected chi connectivity index (χ4v) is 4.67. The van der Waals surface area contributed by atoms with Gasteiger partial charge in [0.05, 0.1) is 0 Å². The second kappa shape index (κ2) is 8.54. The third-order valence-corrected chi connectivity index (χ3v) is 6.49. The summed E-state index contributed by atoms with van der Waals surface area (Å²) in [6.45, 7) is 8.37. The van der Waals surface area contributed by atoms with E-state index in [4.69, 9.17) is 0 Å². The first-order valence-corrected chi connectivity index (χ1v) is 11.9. The smallest absolute Gasteiger partial charge is 0.280 e. The standard InChI is InChI=1S/C21H27N7O2S/c1-4-27-14-20(23-16(27)3)31(29,30)26-18-9-7-17(8-10-18)24-21-22-15(2)13-19(25-21)28-11-5-6-12-28/h7-10,13-14,26H,4-6,11-12H2,1-3H3,(H,22,24,25). The second-order valence-electron chi connectivity index (χ2n) is 7.61. The Morgan fingerprint density at radius 1 is 1.00 bits per heavy atom. The molecule has 4 rings (SSSR count). The van der Waals surface area contributed by atoms with Gasteiger partial charge in [0.1, 0.15) is 11.6 Å². The van der Waals surface area contributed by atoms with Crippen LogP contribution in [0.4, 0.5) is 23.1 Å². The van der Waals surface area contributed by atoms with Gasteiger partial charge in [-0.3, -0.25) is 4.72 Å². The van der Waals surface area contributed by atoms with Gasteiger partial charge in [-0.1, -0.05) is 0 Å². The van der Waals surface area contributed by atoms with E-state index in [0.717, 1.165) is 30.3 Å². The first-order chi connectivity index (χ1) is 14.8. The summed E-state index contributed by atoms with van der Waals surface area (Å²) < 4.78 is 29.6. The van der Waals surface area contributed by atoms with E-state index in [1.54, 1.807) is 42.0 Å². The SMILES string of the molecule is CCn1cc(S(=O)(=O)Nc2ccc(Nc3nc(C)cc(N4CCCC4)n3)cc2)nc1C. The van der Waals surface area contributed by atoms with Crippen LogP contribution in [0, 0.1) is 13.8 Å². The summed E-state index contributed by atoms with van der Waals surface area (Å²) >= 11 is 0. The van der Waals surface area contributed by atoms with Gasteiger partial charge in [-0.25, -0.2) is 9.97 Å². The Bertz CT molecular complexity index is 1170. The van der Waals surface area contributed by atoms with Gasteiger partial charge in [0, 0.05) is 49.0 Å². The van der Waals surface area contributed by atoms with Crippen molar-refractivity contribution in [3.63, 3.8) is 0 Å². The van der Waals surface area contributed by atoms with E-state index in [1.807, 2.05) is 19.9 Å². The summed E-state index contributed by atoms with van der Waals surface area (Å²) in [5.74, 6) is 2.11. The molecule has 3 aromatic rings. The number of sulfonamides is 1. The summed E-state index contributed by atoms with van der Waals surface area (Å²) in [5.41, 5.74) is 2.12. The van der Waals surface area contributed by atoms with Crippen molar-refractivity contribution in [2.45, 2.75) is 45.2 Å². The number of anilines is 4. The van der Waals surface area contributed by atoms with Crippen LogP contribution < -0.4 is 14.9 Å². The monoisotopic (exact) mass is 441 g/mol. The number of aryl methyl sites for hydroxylation is 3. The lowest BCUT2D eigenvalue weighted by molar-refractivity contribution is 0.598. The summed E-state index contributed by atoms with van der Waals surface area (Å²) in [7, 11) is -3.75. The van der Waals surface area contributed by atoms with Gasteiger partial charge in [0.25, 0.3) is 10.0 Å². The first-order valence-electron chi connectivity index (χ1n) is 10.4. The molecule has 0 unspecified atom stereocenters. The highest BCUT2D eigenvalue weighted by Gasteiger charge is 2.19. The highest BCUT2D eigenvalue weighted by molar-refractivity contribution is 7.92. The fraction of sp³-hybridized carbons (Fsp3) is 0.381. The molecular formula is C21H27N7O2S. The van der Waals surface area contributed by atoms with Crippen LogP contribution in [0.1, 0.15) is 31.3 Å². The molecule has 9 nitrogen and oxygen atoms in total. The predicted molar refractivity (Wildman–Crippen MR) is 121 cm³/mol. The highest BCUT2D eigenvalue weighted by atomic mass is 32.2. The third-order valence-electron chi connectivity index (χ3n) is 5.23. The van der Waals surface area contributed by atoms with Crippen molar-refractivity contribution in [2.24, 2.45) is 0 Å². The van der Waals surface area contributed by atoms with Crippen molar-refractivity contribution in [3.8, 4) is 0 Å². The van der Waals surface area contributed by atoms with Crippen molar-refractivity contribution in [3.05, 3.63) is 48.0 Å². The minimum atomic E-state index is -3.75. The van der Waals surface area contributed by atoms with Gasteiger partial charge in [-0.2, -0.15) is 13.4 Å². The van der Waals surface area contributed by atoms with Gasteiger partial charge in [-0.05, 0) is 57.9 Å². The third kappa shape index (κ3) is 4.79. The lowest BCUT2D eigenvalue weighted by Gasteiger charge is -2.17. The van der Waals surface area contributed by atoms with Crippen LogP contribution in [0.15, 0.2) is 41.6 Å².